The lowest BCUT2D eigenvalue weighted by atomic mass is 9.88. The van der Waals surface area contributed by atoms with E-state index in [0.717, 1.165) is 0 Å². The number of benzene rings is 1. The highest BCUT2D eigenvalue weighted by Gasteiger charge is 2.24. The van der Waals surface area contributed by atoms with E-state index >= 15 is 0 Å². The first kappa shape index (κ1) is 12.5. The number of aliphatic carboxylic acids is 1. The van der Waals surface area contributed by atoms with E-state index in [-0.39, 0.29) is 11.7 Å². The number of carboxylic acid groups (broad SMARTS) is 1. The second-order valence-corrected chi connectivity index (χ2v) is 3.95. The van der Waals surface area contributed by atoms with Crippen LogP contribution >= 0.6 is 0 Å². The summed E-state index contributed by atoms with van der Waals surface area (Å²) in [7, 11) is 1.37. The Bertz CT molecular complexity index is 388. The smallest absolute Gasteiger partial charge is 0.311 e. The van der Waals surface area contributed by atoms with Crippen LogP contribution in [0.4, 0.5) is 4.39 Å². The maximum Gasteiger partial charge on any atom is 0.311 e. The minimum Gasteiger partial charge on any atom is -0.494 e. The normalized spacial score (nSPS) is 12.6. The van der Waals surface area contributed by atoms with Crippen molar-refractivity contribution in [1.82, 2.24) is 0 Å². The third kappa shape index (κ3) is 2.51. The molecule has 1 unspecified atom stereocenters. The topological polar surface area (TPSA) is 46.5 Å². The van der Waals surface area contributed by atoms with Crippen LogP contribution in [-0.4, -0.2) is 18.2 Å². The van der Waals surface area contributed by atoms with Crippen molar-refractivity contribution >= 4 is 5.97 Å². The highest BCUT2D eigenvalue weighted by atomic mass is 19.1. The van der Waals surface area contributed by atoms with Crippen molar-refractivity contribution in [3.05, 3.63) is 29.6 Å². The van der Waals surface area contributed by atoms with Crippen molar-refractivity contribution in [2.75, 3.05) is 7.11 Å². The molecule has 0 aliphatic rings. The highest BCUT2D eigenvalue weighted by molar-refractivity contribution is 5.76. The number of halogens is 1. The summed E-state index contributed by atoms with van der Waals surface area (Å²) in [6.45, 7) is 3.59. The van der Waals surface area contributed by atoms with Crippen LogP contribution < -0.4 is 4.74 Å². The number of carbonyl (C=O) groups is 1. The summed E-state index contributed by atoms with van der Waals surface area (Å²) in [5.41, 5.74) is 0.459. The van der Waals surface area contributed by atoms with Gasteiger partial charge in [-0.05, 0) is 23.6 Å². The second-order valence-electron chi connectivity index (χ2n) is 3.95. The van der Waals surface area contributed by atoms with Crippen LogP contribution in [0.25, 0.3) is 0 Å². The summed E-state index contributed by atoms with van der Waals surface area (Å²) in [5.74, 6) is -2.14. The zero-order chi connectivity index (χ0) is 12.3. The van der Waals surface area contributed by atoms with Crippen LogP contribution in [0.3, 0.4) is 0 Å². The maximum atomic E-state index is 13.4. The summed E-state index contributed by atoms with van der Waals surface area (Å²) in [5, 5.41) is 9.06. The third-order valence-corrected chi connectivity index (χ3v) is 2.47. The molecule has 1 aromatic carbocycles. The number of ether oxygens (including phenoxy) is 1. The van der Waals surface area contributed by atoms with Gasteiger partial charge in [-0.25, -0.2) is 4.39 Å². The molecule has 0 bridgehead atoms. The molecule has 0 aliphatic heterocycles. The lowest BCUT2D eigenvalue weighted by Crippen LogP contribution is -2.17. The molecule has 4 heteroatoms. The Morgan fingerprint density at radius 3 is 2.44 bits per heavy atom. The standard InChI is InChI=1S/C12H15FO3/c1-7(2)11(12(14)15)8-4-5-10(16-3)9(13)6-8/h4-7,11H,1-3H3,(H,14,15). The molecular formula is C12H15FO3. The number of hydrogen-bond donors (Lipinski definition) is 1. The summed E-state index contributed by atoms with van der Waals surface area (Å²) in [4.78, 5) is 11.1. The van der Waals surface area contributed by atoms with Crippen molar-refractivity contribution in [3.63, 3.8) is 0 Å². The SMILES string of the molecule is COc1ccc(C(C(=O)O)C(C)C)cc1F. The van der Waals surface area contributed by atoms with Gasteiger partial charge in [0.15, 0.2) is 11.6 Å². The molecule has 0 heterocycles. The van der Waals surface area contributed by atoms with E-state index in [2.05, 4.69) is 0 Å². The zero-order valence-corrected chi connectivity index (χ0v) is 9.53. The average Bonchev–Trinajstić information content (AvgIpc) is 2.16. The summed E-state index contributed by atoms with van der Waals surface area (Å²) in [6, 6.07) is 4.25. The predicted molar refractivity (Wildman–Crippen MR) is 58.2 cm³/mol. The molecule has 88 valence electrons. The van der Waals surface area contributed by atoms with Gasteiger partial charge >= 0.3 is 5.97 Å². The first-order valence-corrected chi connectivity index (χ1v) is 5.03. The molecule has 16 heavy (non-hydrogen) atoms. The number of hydrogen-bond acceptors (Lipinski definition) is 2. The number of rotatable bonds is 4. The Hall–Kier alpha value is -1.58. The van der Waals surface area contributed by atoms with E-state index in [9.17, 15) is 9.18 Å². The van der Waals surface area contributed by atoms with Crippen molar-refractivity contribution in [1.29, 1.82) is 0 Å². The Morgan fingerprint density at radius 1 is 1.44 bits per heavy atom. The van der Waals surface area contributed by atoms with E-state index in [0.29, 0.717) is 5.56 Å². The Labute approximate surface area is 93.9 Å². The van der Waals surface area contributed by atoms with Crippen molar-refractivity contribution in [3.8, 4) is 5.75 Å². The van der Waals surface area contributed by atoms with Crippen LogP contribution in [0.2, 0.25) is 0 Å². The minimum absolute atomic E-state index is 0.0923. The summed E-state index contributed by atoms with van der Waals surface area (Å²) in [6.07, 6.45) is 0. The van der Waals surface area contributed by atoms with Crippen LogP contribution in [0.15, 0.2) is 18.2 Å². The van der Waals surface area contributed by atoms with E-state index in [1.54, 1.807) is 19.9 Å². The Balaban J connectivity index is 3.12. The Morgan fingerprint density at radius 2 is 2.06 bits per heavy atom. The number of methoxy groups -OCH3 is 1. The lowest BCUT2D eigenvalue weighted by molar-refractivity contribution is -0.139. The second kappa shape index (κ2) is 4.96. The molecule has 1 rings (SSSR count). The van der Waals surface area contributed by atoms with Gasteiger partial charge in [0.25, 0.3) is 0 Å². The van der Waals surface area contributed by atoms with Crippen LogP contribution in [-0.2, 0) is 4.79 Å². The van der Waals surface area contributed by atoms with Gasteiger partial charge < -0.3 is 9.84 Å². The molecule has 3 nitrogen and oxygen atoms in total. The first-order chi connectivity index (χ1) is 7.47. The van der Waals surface area contributed by atoms with Gasteiger partial charge in [0.05, 0.1) is 13.0 Å². The predicted octanol–water partition coefficient (Wildman–Crippen LogP) is 2.66. The summed E-state index contributed by atoms with van der Waals surface area (Å²) < 4.78 is 18.2. The van der Waals surface area contributed by atoms with Crippen molar-refractivity contribution < 1.29 is 19.0 Å². The molecule has 0 aromatic heterocycles. The van der Waals surface area contributed by atoms with Gasteiger partial charge in [0.2, 0.25) is 0 Å². The van der Waals surface area contributed by atoms with Gasteiger partial charge in [-0.3, -0.25) is 4.79 Å². The lowest BCUT2D eigenvalue weighted by Gasteiger charge is -2.17. The molecule has 0 saturated carbocycles. The van der Waals surface area contributed by atoms with E-state index in [1.165, 1.54) is 19.2 Å². The fraction of sp³-hybridized carbons (Fsp3) is 0.417. The van der Waals surface area contributed by atoms with Crippen LogP contribution in [0, 0.1) is 11.7 Å². The molecule has 0 spiro atoms. The molecule has 0 aliphatic carbocycles. The largest absolute Gasteiger partial charge is 0.494 e. The molecule has 1 aromatic rings. The first-order valence-electron chi connectivity index (χ1n) is 5.03. The van der Waals surface area contributed by atoms with Gasteiger partial charge in [-0.2, -0.15) is 0 Å². The monoisotopic (exact) mass is 226 g/mol. The molecule has 0 radical (unpaired) electrons. The fourth-order valence-corrected chi connectivity index (χ4v) is 1.69. The van der Waals surface area contributed by atoms with Crippen LogP contribution in [0.1, 0.15) is 25.3 Å². The van der Waals surface area contributed by atoms with E-state index < -0.39 is 17.7 Å². The molecular weight excluding hydrogens is 211 g/mol. The van der Waals surface area contributed by atoms with Gasteiger partial charge in [0.1, 0.15) is 0 Å². The van der Waals surface area contributed by atoms with E-state index in [1.807, 2.05) is 0 Å². The molecule has 1 atom stereocenters. The Kier molecular flexibility index (Phi) is 3.88. The summed E-state index contributed by atoms with van der Waals surface area (Å²) >= 11 is 0. The quantitative estimate of drug-likeness (QED) is 0.858. The number of carboxylic acids is 1. The minimum atomic E-state index is -0.945. The van der Waals surface area contributed by atoms with Gasteiger partial charge in [0, 0.05) is 0 Å². The van der Waals surface area contributed by atoms with E-state index in [4.69, 9.17) is 9.84 Å². The average molecular weight is 226 g/mol. The third-order valence-electron chi connectivity index (χ3n) is 2.47. The molecule has 0 saturated heterocycles. The van der Waals surface area contributed by atoms with Gasteiger partial charge in [-0.15, -0.1) is 0 Å². The molecule has 1 N–H and O–H groups in total. The van der Waals surface area contributed by atoms with Crippen molar-refractivity contribution in [2.45, 2.75) is 19.8 Å². The maximum absolute atomic E-state index is 13.4. The molecule has 0 amide bonds. The zero-order valence-electron chi connectivity index (χ0n) is 9.53. The fourth-order valence-electron chi connectivity index (χ4n) is 1.69. The van der Waals surface area contributed by atoms with Crippen LogP contribution in [0.5, 0.6) is 5.75 Å². The molecule has 0 fully saturated rings. The van der Waals surface area contributed by atoms with Gasteiger partial charge in [-0.1, -0.05) is 19.9 Å². The van der Waals surface area contributed by atoms with Crippen molar-refractivity contribution in [2.24, 2.45) is 5.92 Å². The highest BCUT2D eigenvalue weighted by Crippen LogP contribution is 2.28.